The van der Waals surface area contributed by atoms with Crippen LogP contribution in [0.4, 0.5) is 5.69 Å². The molecule has 20 heavy (non-hydrogen) atoms. The van der Waals surface area contributed by atoms with Crippen LogP contribution >= 0.6 is 0 Å². The minimum Gasteiger partial charge on any atom is -0.360 e. The summed E-state index contributed by atoms with van der Waals surface area (Å²) in [4.78, 5) is 11.7. The molecule has 0 aromatic heterocycles. The zero-order chi connectivity index (χ0) is 14.8. The molecular weight excluding hydrogens is 252 g/mol. The van der Waals surface area contributed by atoms with Crippen molar-refractivity contribution in [3.8, 4) is 12.1 Å². The summed E-state index contributed by atoms with van der Waals surface area (Å²) in [6.45, 7) is 3.92. The van der Waals surface area contributed by atoms with Crippen LogP contribution in [-0.4, -0.2) is 5.91 Å². The van der Waals surface area contributed by atoms with Gasteiger partial charge in [0, 0.05) is 11.9 Å². The third-order valence-electron chi connectivity index (χ3n) is 3.21. The van der Waals surface area contributed by atoms with E-state index in [4.69, 9.17) is 10.5 Å². The first kappa shape index (κ1) is 13.6. The van der Waals surface area contributed by atoms with E-state index >= 15 is 0 Å². The Morgan fingerprint density at radius 3 is 2.75 bits per heavy atom. The minimum absolute atomic E-state index is 0.000735. The Kier molecular flexibility index (Phi) is 3.45. The fraction of sp³-hybridized carbons (Fsp3) is 0.267. The highest BCUT2D eigenvalue weighted by atomic mass is 16.1. The predicted octanol–water partition coefficient (Wildman–Crippen LogP) is 1.94. The highest BCUT2D eigenvalue weighted by molar-refractivity contribution is 5.82. The molecule has 0 saturated heterocycles. The van der Waals surface area contributed by atoms with E-state index in [-0.39, 0.29) is 17.0 Å². The Morgan fingerprint density at radius 2 is 2.10 bits per heavy atom. The normalized spacial score (nSPS) is 15.1. The Bertz CT molecular complexity index is 658. The van der Waals surface area contributed by atoms with E-state index in [1.54, 1.807) is 12.1 Å². The monoisotopic (exact) mass is 266 g/mol. The third-order valence-corrected chi connectivity index (χ3v) is 3.21. The van der Waals surface area contributed by atoms with E-state index in [1.807, 2.05) is 32.0 Å². The standard InChI is InChI=1S/C15H14N4O/c1-15(2)13-4-3-12(18-9-10(7-16)8-17)5-11(13)6-14(20)19-15/h3-5,9,18H,6H2,1-2H3,(H,19,20). The van der Waals surface area contributed by atoms with E-state index in [0.29, 0.717) is 6.42 Å². The number of carbonyl (C=O) groups excluding carboxylic acids is 1. The van der Waals surface area contributed by atoms with E-state index in [9.17, 15) is 4.79 Å². The number of rotatable bonds is 2. The first-order chi connectivity index (χ1) is 9.46. The Labute approximate surface area is 117 Å². The van der Waals surface area contributed by atoms with Crippen LogP contribution in [0.3, 0.4) is 0 Å². The third kappa shape index (κ3) is 2.62. The lowest BCUT2D eigenvalue weighted by atomic mass is 9.85. The van der Waals surface area contributed by atoms with E-state index in [2.05, 4.69) is 10.6 Å². The van der Waals surface area contributed by atoms with Crippen LogP contribution in [0.2, 0.25) is 0 Å². The van der Waals surface area contributed by atoms with Gasteiger partial charge >= 0.3 is 0 Å². The number of allylic oxidation sites excluding steroid dienone is 1. The van der Waals surface area contributed by atoms with Crippen molar-refractivity contribution in [1.82, 2.24) is 5.32 Å². The number of amides is 1. The van der Waals surface area contributed by atoms with Crippen molar-refractivity contribution in [2.45, 2.75) is 25.8 Å². The molecule has 0 fully saturated rings. The molecule has 100 valence electrons. The van der Waals surface area contributed by atoms with Crippen molar-refractivity contribution in [3.63, 3.8) is 0 Å². The summed E-state index contributed by atoms with van der Waals surface area (Å²) in [5.74, 6) is -0.00932. The molecule has 0 atom stereocenters. The van der Waals surface area contributed by atoms with E-state index < -0.39 is 0 Å². The molecule has 1 aromatic rings. The maximum Gasteiger partial charge on any atom is 0.225 e. The maximum absolute atomic E-state index is 11.7. The summed E-state index contributed by atoms with van der Waals surface area (Å²) in [5.41, 5.74) is 2.39. The summed E-state index contributed by atoms with van der Waals surface area (Å²) in [6, 6.07) is 9.24. The minimum atomic E-state index is -0.385. The number of carbonyl (C=O) groups is 1. The smallest absolute Gasteiger partial charge is 0.225 e. The number of anilines is 1. The van der Waals surface area contributed by atoms with Gasteiger partial charge in [-0.3, -0.25) is 4.79 Å². The number of benzene rings is 1. The Hall–Kier alpha value is -2.79. The molecule has 0 aliphatic carbocycles. The molecule has 2 rings (SSSR count). The van der Waals surface area contributed by atoms with Crippen molar-refractivity contribution in [2.75, 3.05) is 5.32 Å². The molecule has 0 saturated carbocycles. The SMILES string of the molecule is CC1(C)NC(=O)Cc2cc(NC=C(C#N)C#N)ccc21. The number of hydrogen-bond acceptors (Lipinski definition) is 4. The molecular formula is C15H14N4O. The topological polar surface area (TPSA) is 88.7 Å². The molecule has 1 aromatic carbocycles. The average Bonchev–Trinajstić information content (AvgIpc) is 2.38. The summed E-state index contributed by atoms with van der Waals surface area (Å²) in [7, 11) is 0. The van der Waals surface area contributed by atoms with Crippen LogP contribution in [0.15, 0.2) is 30.0 Å². The highest BCUT2D eigenvalue weighted by Crippen LogP contribution is 2.30. The summed E-state index contributed by atoms with van der Waals surface area (Å²) >= 11 is 0. The van der Waals surface area contributed by atoms with E-state index in [1.165, 1.54) is 6.20 Å². The highest BCUT2D eigenvalue weighted by Gasteiger charge is 2.30. The molecule has 0 unspecified atom stereocenters. The number of fused-ring (bicyclic) bond motifs is 1. The molecule has 1 aliphatic heterocycles. The molecule has 1 aliphatic rings. The van der Waals surface area contributed by atoms with Gasteiger partial charge in [0.05, 0.1) is 12.0 Å². The average molecular weight is 266 g/mol. The fourth-order valence-corrected chi connectivity index (χ4v) is 2.32. The van der Waals surface area contributed by atoms with Gasteiger partial charge in [0.2, 0.25) is 5.91 Å². The van der Waals surface area contributed by atoms with Gasteiger partial charge in [0.25, 0.3) is 0 Å². The van der Waals surface area contributed by atoms with Crippen LogP contribution < -0.4 is 10.6 Å². The lowest BCUT2D eigenvalue weighted by molar-refractivity contribution is -0.122. The first-order valence-corrected chi connectivity index (χ1v) is 6.17. The summed E-state index contributed by atoms with van der Waals surface area (Å²) in [5, 5.41) is 23.2. The van der Waals surface area contributed by atoms with Crippen LogP contribution in [0.5, 0.6) is 0 Å². The van der Waals surface area contributed by atoms with Crippen molar-refractivity contribution < 1.29 is 4.79 Å². The summed E-state index contributed by atoms with van der Waals surface area (Å²) < 4.78 is 0. The molecule has 5 nitrogen and oxygen atoms in total. The number of nitriles is 2. The molecule has 5 heteroatoms. The van der Waals surface area contributed by atoms with Crippen molar-refractivity contribution in [3.05, 3.63) is 41.1 Å². The lowest BCUT2D eigenvalue weighted by Gasteiger charge is -2.33. The Morgan fingerprint density at radius 1 is 1.40 bits per heavy atom. The maximum atomic E-state index is 11.7. The van der Waals surface area contributed by atoms with Gasteiger partial charge in [-0.1, -0.05) is 6.07 Å². The second-order valence-electron chi connectivity index (χ2n) is 5.15. The second kappa shape index (κ2) is 5.07. The van der Waals surface area contributed by atoms with Crippen molar-refractivity contribution in [2.24, 2.45) is 0 Å². The van der Waals surface area contributed by atoms with Crippen molar-refractivity contribution >= 4 is 11.6 Å². The number of hydrogen-bond donors (Lipinski definition) is 2. The first-order valence-electron chi connectivity index (χ1n) is 6.17. The van der Waals surface area contributed by atoms with Gasteiger partial charge in [-0.2, -0.15) is 10.5 Å². The fourth-order valence-electron chi connectivity index (χ4n) is 2.32. The second-order valence-corrected chi connectivity index (χ2v) is 5.15. The molecule has 1 amide bonds. The van der Waals surface area contributed by atoms with Gasteiger partial charge in [-0.25, -0.2) is 0 Å². The van der Waals surface area contributed by atoms with Crippen molar-refractivity contribution in [1.29, 1.82) is 10.5 Å². The van der Waals surface area contributed by atoms with Crippen LogP contribution in [0.1, 0.15) is 25.0 Å². The molecule has 2 N–H and O–H groups in total. The van der Waals surface area contributed by atoms with Crippen LogP contribution in [-0.2, 0) is 16.8 Å². The quantitative estimate of drug-likeness (QED) is 0.800. The predicted molar refractivity (Wildman–Crippen MR) is 74.2 cm³/mol. The van der Waals surface area contributed by atoms with Crippen LogP contribution in [0, 0.1) is 22.7 Å². The van der Waals surface area contributed by atoms with Crippen LogP contribution in [0.25, 0.3) is 0 Å². The zero-order valence-corrected chi connectivity index (χ0v) is 11.3. The molecule has 1 heterocycles. The van der Waals surface area contributed by atoms with Gasteiger partial charge in [0.1, 0.15) is 17.7 Å². The lowest BCUT2D eigenvalue weighted by Crippen LogP contribution is -2.46. The molecule has 0 spiro atoms. The van der Waals surface area contributed by atoms with Gasteiger partial charge in [-0.15, -0.1) is 0 Å². The number of nitrogens with one attached hydrogen (secondary N) is 2. The van der Waals surface area contributed by atoms with Gasteiger partial charge < -0.3 is 10.6 Å². The molecule has 0 bridgehead atoms. The summed E-state index contributed by atoms with van der Waals surface area (Å²) in [6.07, 6.45) is 1.69. The number of nitrogens with zero attached hydrogens (tertiary/aromatic N) is 2. The molecule has 0 radical (unpaired) electrons. The van der Waals surface area contributed by atoms with E-state index in [0.717, 1.165) is 16.8 Å². The Balaban J connectivity index is 2.32. The van der Waals surface area contributed by atoms with Gasteiger partial charge in [0.15, 0.2) is 0 Å². The zero-order valence-electron chi connectivity index (χ0n) is 11.3. The largest absolute Gasteiger partial charge is 0.360 e. The van der Waals surface area contributed by atoms with Gasteiger partial charge in [-0.05, 0) is 37.1 Å².